The number of hydrogen-bond donors (Lipinski definition) is 2. The summed E-state index contributed by atoms with van der Waals surface area (Å²) in [6, 6.07) is 9.67. The van der Waals surface area contributed by atoms with Crippen molar-refractivity contribution in [1.29, 1.82) is 0 Å². The van der Waals surface area contributed by atoms with Crippen LogP contribution in [-0.4, -0.2) is 76.0 Å². The van der Waals surface area contributed by atoms with Gasteiger partial charge in [-0.2, -0.15) is 0 Å². The van der Waals surface area contributed by atoms with Crippen molar-refractivity contribution in [2.45, 2.75) is 12.8 Å². The summed E-state index contributed by atoms with van der Waals surface area (Å²) >= 11 is 1.56. The monoisotopic (exact) mass is 440 g/mol. The van der Waals surface area contributed by atoms with Crippen molar-refractivity contribution in [2.75, 3.05) is 54.4 Å². The Kier molecular flexibility index (Phi) is 8.01. The molecule has 3 rings (SSSR count). The minimum absolute atomic E-state index is 0.0455. The SMILES string of the molecule is CN(C)CCCNC(=O)c1ccc2cc(C(=O)NCCCN(C)C)c3sccc3c2c1. The van der Waals surface area contributed by atoms with Gasteiger partial charge >= 0.3 is 0 Å². The summed E-state index contributed by atoms with van der Waals surface area (Å²) in [6.45, 7) is 3.17. The fraction of sp³-hybridized carbons (Fsp3) is 0.417. The molecule has 2 aromatic carbocycles. The number of benzene rings is 2. The first-order valence-electron chi connectivity index (χ1n) is 10.7. The Morgan fingerprint density at radius 3 is 2.13 bits per heavy atom. The average molecular weight is 441 g/mol. The van der Waals surface area contributed by atoms with E-state index < -0.39 is 0 Å². The second-order valence-corrected chi connectivity index (χ2v) is 9.27. The zero-order valence-electron chi connectivity index (χ0n) is 18.8. The third-order valence-corrected chi connectivity index (χ3v) is 6.14. The number of thiophene rings is 1. The molecule has 0 atom stereocenters. The lowest BCUT2D eigenvalue weighted by Crippen LogP contribution is -2.27. The Morgan fingerprint density at radius 2 is 1.48 bits per heavy atom. The van der Waals surface area contributed by atoms with Crippen LogP contribution in [0.5, 0.6) is 0 Å². The lowest BCUT2D eigenvalue weighted by atomic mass is 10.00. The van der Waals surface area contributed by atoms with Crippen LogP contribution in [0.1, 0.15) is 33.6 Å². The summed E-state index contributed by atoms with van der Waals surface area (Å²) < 4.78 is 0.959. The Labute approximate surface area is 188 Å². The van der Waals surface area contributed by atoms with Crippen molar-refractivity contribution < 1.29 is 9.59 Å². The highest BCUT2D eigenvalue weighted by Crippen LogP contribution is 2.33. The number of amides is 2. The molecule has 0 aliphatic carbocycles. The molecule has 0 saturated heterocycles. The molecule has 0 aliphatic heterocycles. The highest BCUT2D eigenvalue weighted by Gasteiger charge is 2.15. The Morgan fingerprint density at radius 1 is 0.839 bits per heavy atom. The van der Waals surface area contributed by atoms with E-state index in [0.29, 0.717) is 24.2 Å². The third kappa shape index (κ3) is 6.03. The summed E-state index contributed by atoms with van der Waals surface area (Å²) in [5.74, 6) is -0.109. The van der Waals surface area contributed by atoms with E-state index >= 15 is 0 Å². The van der Waals surface area contributed by atoms with E-state index in [1.807, 2.05) is 63.9 Å². The molecule has 2 N–H and O–H groups in total. The van der Waals surface area contributed by atoms with Crippen LogP contribution in [0.4, 0.5) is 0 Å². The summed E-state index contributed by atoms with van der Waals surface area (Å²) in [4.78, 5) is 29.6. The fourth-order valence-corrected chi connectivity index (χ4v) is 4.49. The van der Waals surface area contributed by atoms with Gasteiger partial charge in [-0.05, 0) is 94.5 Å². The number of hydrogen-bond acceptors (Lipinski definition) is 5. The Hall–Kier alpha value is -2.48. The van der Waals surface area contributed by atoms with Crippen LogP contribution in [0.25, 0.3) is 20.9 Å². The molecule has 7 heteroatoms. The largest absolute Gasteiger partial charge is 0.352 e. The molecule has 0 saturated carbocycles. The average Bonchev–Trinajstić information content (AvgIpc) is 3.23. The minimum atomic E-state index is -0.0632. The molecule has 0 aliphatic rings. The van der Waals surface area contributed by atoms with Gasteiger partial charge < -0.3 is 20.4 Å². The second kappa shape index (κ2) is 10.7. The lowest BCUT2D eigenvalue weighted by molar-refractivity contribution is 0.0945. The molecule has 0 fully saturated rings. The van der Waals surface area contributed by atoms with Crippen molar-refractivity contribution >= 4 is 44.0 Å². The maximum atomic E-state index is 12.8. The maximum absolute atomic E-state index is 12.8. The highest BCUT2D eigenvalue weighted by atomic mass is 32.1. The summed E-state index contributed by atoms with van der Waals surface area (Å²) in [5, 5.41) is 11.0. The summed E-state index contributed by atoms with van der Waals surface area (Å²) in [7, 11) is 8.10. The number of carbonyl (C=O) groups is 2. The van der Waals surface area contributed by atoms with Gasteiger partial charge in [-0.1, -0.05) is 6.07 Å². The molecular weight excluding hydrogens is 408 g/mol. The van der Waals surface area contributed by atoms with Crippen molar-refractivity contribution in [3.63, 3.8) is 0 Å². The number of carbonyl (C=O) groups excluding carboxylic acids is 2. The first kappa shape index (κ1) is 23.2. The fourth-order valence-electron chi connectivity index (χ4n) is 3.57. The van der Waals surface area contributed by atoms with Crippen LogP contribution >= 0.6 is 11.3 Å². The first-order chi connectivity index (χ1) is 14.9. The van der Waals surface area contributed by atoms with Gasteiger partial charge in [0.05, 0.1) is 5.56 Å². The topological polar surface area (TPSA) is 64.7 Å². The van der Waals surface area contributed by atoms with Crippen molar-refractivity contribution in [1.82, 2.24) is 20.4 Å². The van der Waals surface area contributed by atoms with Crippen LogP contribution in [0.3, 0.4) is 0 Å². The molecule has 0 unspecified atom stereocenters. The van der Waals surface area contributed by atoms with Crippen LogP contribution in [0.2, 0.25) is 0 Å². The number of fused-ring (bicyclic) bond motifs is 3. The molecule has 166 valence electrons. The third-order valence-electron chi connectivity index (χ3n) is 5.20. The van der Waals surface area contributed by atoms with Crippen molar-refractivity contribution in [2.24, 2.45) is 0 Å². The second-order valence-electron chi connectivity index (χ2n) is 8.35. The van der Waals surface area contributed by atoms with Gasteiger partial charge in [0, 0.05) is 28.7 Å². The van der Waals surface area contributed by atoms with Crippen LogP contribution < -0.4 is 10.6 Å². The number of nitrogens with zero attached hydrogens (tertiary/aromatic N) is 2. The molecule has 0 bridgehead atoms. The molecular formula is C24H32N4O2S. The molecule has 2 amide bonds. The van der Waals surface area contributed by atoms with Gasteiger partial charge in [0.1, 0.15) is 0 Å². The quantitative estimate of drug-likeness (QED) is 0.474. The van der Waals surface area contributed by atoms with E-state index in [1.54, 1.807) is 11.3 Å². The molecule has 31 heavy (non-hydrogen) atoms. The van der Waals surface area contributed by atoms with Gasteiger partial charge in [0.25, 0.3) is 11.8 Å². The maximum Gasteiger partial charge on any atom is 0.252 e. The molecule has 0 radical (unpaired) electrons. The summed E-state index contributed by atoms with van der Waals surface area (Å²) in [6.07, 6.45) is 1.82. The van der Waals surface area contributed by atoms with E-state index in [-0.39, 0.29) is 11.8 Å². The molecule has 1 aromatic heterocycles. The van der Waals surface area contributed by atoms with Crippen LogP contribution in [-0.2, 0) is 0 Å². The van der Waals surface area contributed by atoms with E-state index in [0.717, 1.165) is 46.8 Å². The Balaban J connectivity index is 1.79. The minimum Gasteiger partial charge on any atom is -0.352 e. The van der Waals surface area contributed by atoms with Gasteiger partial charge in [0.2, 0.25) is 0 Å². The van der Waals surface area contributed by atoms with Crippen LogP contribution in [0.15, 0.2) is 35.7 Å². The number of nitrogens with one attached hydrogen (secondary N) is 2. The number of rotatable bonds is 10. The van der Waals surface area contributed by atoms with E-state index in [9.17, 15) is 9.59 Å². The highest BCUT2D eigenvalue weighted by molar-refractivity contribution is 7.17. The van der Waals surface area contributed by atoms with E-state index in [4.69, 9.17) is 0 Å². The molecule has 0 spiro atoms. The smallest absolute Gasteiger partial charge is 0.252 e. The standard InChI is InChI=1S/C24H32N4O2S/c1-27(2)12-5-10-25-23(29)18-8-7-17-15-21(24(30)26-11-6-13-28(3)4)22-19(9-14-31-22)20(17)16-18/h7-9,14-16H,5-6,10-13H2,1-4H3,(H,25,29)(H,26,30). The molecule has 3 aromatic rings. The van der Waals surface area contributed by atoms with Crippen molar-refractivity contribution in [3.05, 3.63) is 46.8 Å². The van der Waals surface area contributed by atoms with E-state index in [2.05, 4.69) is 20.4 Å². The lowest BCUT2D eigenvalue weighted by Gasteiger charge is -2.12. The Bertz CT molecular complexity index is 1060. The van der Waals surface area contributed by atoms with Gasteiger partial charge in [-0.15, -0.1) is 11.3 Å². The normalized spacial score (nSPS) is 11.5. The van der Waals surface area contributed by atoms with Gasteiger partial charge in [-0.25, -0.2) is 0 Å². The predicted molar refractivity (Wildman–Crippen MR) is 130 cm³/mol. The van der Waals surface area contributed by atoms with E-state index in [1.165, 1.54) is 0 Å². The zero-order valence-corrected chi connectivity index (χ0v) is 19.6. The molecule has 1 heterocycles. The summed E-state index contributed by atoms with van der Waals surface area (Å²) in [5.41, 5.74) is 1.34. The van der Waals surface area contributed by atoms with Crippen LogP contribution in [0, 0.1) is 0 Å². The molecule has 6 nitrogen and oxygen atoms in total. The predicted octanol–water partition coefficient (Wildman–Crippen LogP) is 3.42. The van der Waals surface area contributed by atoms with Gasteiger partial charge in [0.15, 0.2) is 0 Å². The first-order valence-corrected chi connectivity index (χ1v) is 11.5. The zero-order chi connectivity index (χ0) is 22.4. The van der Waals surface area contributed by atoms with Crippen molar-refractivity contribution in [3.8, 4) is 0 Å². The van der Waals surface area contributed by atoms with Gasteiger partial charge in [-0.3, -0.25) is 9.59 Å².